The van der Waals surface area contributed by atoms with Gasteiger partial charge in [-0.1, -0.05) is 15.9 Å². The van der Waals surface area contributed by atoms with E-state index in [4.69, 9.17) is 4.74 Å². The molecule has 0 fully saturated rings. The molecule has 1 heterocycles. The van der Waals surface area contributed by atoms with Gasteiger partial charge < -0.3 is 10.1 Å². The van der Waals surface area contributed by atoms with Crippen molar-refractivity contribution in [2.24, 2.45) is 7.05 Å². The zero-order valence-corrected chi connectivity index (χ0v) is 13.2. The maximum Gasteiger partial charge on any atom is 0.128 e. The van der Waals surface area contributed by atoms with Crippen molar-refractivity contribution in [1.82, 2.24) is 15.1 Å². The Hall–Kier alpha value is -1.33. The number of hydrogen-bond acceptors (Lipinski definition) is 3. The zero-order valence-electron chi connectivity index (χ0n) is 11.6. The van der Waals surface area contributed by atoms with E-state index < -0.39 is 0 Å². The van der Waals surface area contributed by atoms with E-state index in [0.29, 0.717) is 0 Å². The van der Waals surface area contributed by atoms with Crippen molar-refractivity contribution in [3.8, 4) is 17.0 Å². The number of aromatic nitrogens is 2. The molecule has 0 atom stereocenters. The van der Waals surface area contributed by atoms with Gasteiger partial charge in [0, 0.05) is 23.6 Å². The molecule has 1 N–H and O–H groups in total. The average molecular weight is 324 g/mol. The Balaban J connectivity index is 2.61. The van der Waals surface area contributed by atoms with Gasteiger partial charge in [0.15, 0.2) is 0 Å². The monoisotopic (exact) mass is 323 g/mol. The SMILES string of the molecule is CNCc1nn(C)c(-c2cc(Br)ccc2OC)c1C. The Bertz CT molecular complexity index is 593. The van der Waals surface area contributed by atoms with Crippen LogP contribution >= 0.6 is 15.9 Å². The van der Waals surface area contributed by atoms with Gasteiger partial charge in [0.05, 0.1) is 18.5 Å². The Morgan fingerprint density at radius 1 is 1.42 bits per heavy atom. The third-order valence-electron chi connectivity index (χ3n) is 3.14. The first kappa shape index (κ1) is 14.1. The van der Waals surface area contributed by atoms with E-state index in [0.717, 1.165) is 33.7 Å². The van der Waals surface area contributed by atoms with Crippen LogP contribution < -0.4 is 10.1 Å². The fourth-order valence-electron chi connectivity index (χ4n) is 2.26. The van der Waals surface area contributed by atoms with Crippen LogP contribution in [0.5, 0.6) is 5.75 Å². The summed E-state index contributed by atoms with van der Waals surface area (Å²) in [6.07, 6.45) is 0. The number of nitrogens with one attached hydrogen (secondary N) is 1. The van der Waals surface area contributed by atoms with Crippen LogP contribution in [0.25, 0.3) is 11.3 Å². The number of aryl methyl sites for hydroxylation is 1. The molecule has 4 nitrogen and oxygen atoms in total. The highest BCUT2D eigenvalue weighted by Crippen LogP contribution is 2.35. The lowest BCUT2D eigenvalue weighted by molar-refractivity contribution is 0.416. The molecule has 0 radical (unpaired) electrons. The lowest BCUT2D eigenvalue weighted by Crippen LogP contribution is -2.06. The van der Waals surface area contributed by atoms with Crippen LogP contribution in [0.15, 0.2) is 22.7 Å². The number of methoxy groups -OCH3 is 1. The van der Waals surface area contributed by atoms with E-state index in [9.17, 15) is 0 Å². The molecule has 19 heavy (non-hydrogen) atoms. The van der Waals surface area contributed by atoms with Crippen LogP contribution in [0.2, 0.25) is 0 Å². The number of rotatable bonds is 4. The van der Waals surface area contributed by atoms with Crippen LogP contribution in [0, 0.1) is 6.92 Å². The standard InChI is InChI=1S/C14H18BrN3O/c1-9-12(8-16-2)17-18(3)14(9)11-7-10(15)5-6-13(11)19-4/h5-7,16H,8H2,1-4H3. The molecule has 0 aliphatic rings. The summed E-state index contributed by atoms with van der Waals surface area (Å²) in [5.74, 6) is 0.852. The Labute approximate surface area is 121 Å². The van der Waals surface area contributed by atoms with Crippen molar-refractivity contribution < 1.29 is 4.74 Å². The quantitative estimate of drug-likeness (QED) is 0.940. The number of hydrogen-bond donors (Lipinski definition) is 1. The molecular formula is C14H18BrN3O. The van der Waals surface area contributed by atoms with E-state index in [2.05, 4.69) is 39.3 Å². The highest BCUT2D eigenvalue weighted by molar-refractivity contribution is 9.10. The fraction of sp³-hybridized carbons (Fsp3) is 0.357. The van der Waals surface area contributed by atoms with Crippen LogP contribution in [0.1, 0.15) is 11.3 Å². The first-order valence-corrected chi connectivity index (χ1v) is 6.88. The fourth-order valence-corrected chi connectivity index (χ4v) is 2.62. The minimum Gasteiger partial charge on any atom is -0.496 e. The molecule has 102 valence electrons. The molecular weight excluding hydrogens is 306 g/mol. The van der Waals surface area contributed by atoms with E-state index in [1.165, 1.54) is 5.56 Å². The van der Waals surface area contributed by atoms with Crippen molar-refractivity contribution in [1.29, 1.82) is 0 Å². The van der Waals surface area contributed by atoms with Crippen molar-refractivity contribution >= 4 is 15.9 Å². The Kier molecular flexibility index (Phi) is 4.27. The lowest BCUT2D eigenvalue weighted by atomic mass is 10.1. The van der Waals surface area contributed by atoms with E-state index in [1.54, 1.807) is 7.11 Å². The van der Waals surface area contributed by atoms with Gasteiger partial charge in [0.2, 0.25) is 0 Å². The van der Waals surface area contributed by atoms with Crippen molar-refractivity contribution in [2.75, 3.05) is 14.2 Å². The number of ether oxygens (including phenoxy) is 1. The summed E-state index contributed by atoms with van der Waals surface area (Å²) in [6, 6.07) is 6.00. The van der Waals surface area contributed by atoms with Gasteiger partial charge in [-0.3, -0.25) is 4.68 Å². The Morgan fingerprint density at radius 2 is 2.16 bits per heavy atom. The maximum absolute atomic E-state index is 5.46. The van der Waals surface area contributed by atoms with Crippen LogP contribution in [-0.4, -0.2) is 23.9 Å². The van der Waals surface area contributed by atoms with E-state index >= 15 is 0 Å². The molecule has 0 aliphatic carbocycles. The number of halogens is 1. The highest BCUT2D eigenvalue weighted by Gasteiger charge is 2.17. The molecule has 0 spiro atoms. The van der Waals surface area contributed by atoms with Gasteiger partial charge in [-0.05, 0) is 37.7 Å². The normalized spacial score (nSPS) is 10.8. The molecule has 0 saturated heterocycles. The van der Waals surface area contributed by atoms with Crippen molar-refractivity contribution in [3.63, 3.8) is 0 Å². The van der Waals surface area contributed by atoms with Gasteiger partial charge in [-0.25, -0.2) is 0 Å². The van der Waals surface area contributed by atoms with Gasteiger partial charge >= 0.3 is 0 Å². The second-order valence-corrected chi connectivity index (χ2v) is 5.33. The van der Waals surface area contributed by atoms with Crippen LogP contribution in [0.4, 0.5) is 0 Å². The first-order chi connectivity index (χ1) is 9.08. The molecule has 0 unspecified atom stereocenters. The van der Waals surface area contributed by atoms with Crippen molar-refractivity contribution in [2.45, 2.75) is 13.5 Å². The van der Waals surface area contributed by atoms with Crippen LogP contribution in [-0.2, 0) is 13.6 Å². The molecule has 2 aromatic rings. The zero-order chi connectivity index (χ0) is 14.0. The topological polar surface area (TPSA) is 39.1 Å². The van der Waals surface area contributed by atoms with Gasteiger partial charge in [0.25, 0.3) is 0 Å². The third-order valence-corrected chi connectivity index (χ3v) is 3.64. The maximum atomic E-state index is 5.46. The summed E-state index contributed by atoms with van der Waals surface area (Å²) in [5.41, 5.74) is 4.37. The van der Waals surface area contributed by atoms with Crippen LogP contribution in [0.3, 0.4) is 0 Å². The third kappa shape index (κ3) is 2.67. The molecule has 0 bridgehead atoms. The van der Waals surface area contributed by atoms with Gasteiger partial charge in [-0.15, -0.1) is 0 Å². The second-order valence-electron chi connectivity index (χ2n) is 4.42. The number of nitrogens with zero attached hydrogens (tertiary/aromatic N) is 2. The second kappa shape index (κ2) is 5.75. The molecule has 5 heteroatoms. The smallest absolute Gasteiger partial charge is 0.128 e. The largest absolute Gasteiger partial charge is 0.496 e. The molecule has 1 aromatic carbocycles. The van der Waals surface area contributed by atoms with E-state index in [1.807, 2.05) is 30.9 Å². The molecule has 0 saturated carbocycles. The highest BCUT2D eigenvalue weighted by atomic mass is 79.9. The summed E-state index contributed by atoms with van der Waals surface area (Å²) < 4.78 is 8.39. The summed E-state index contributed by atoms with van der Waals surface area (Å²) in [7, 11) is 5.57. The summed E-state index contributed by atoms with van der Waals surface area (Å²) in [4.78, 5) is 0. The Morgan fingerprint density at radius 3 is 2.79 bits per heavy atom. The molecule has 0 aliphatic heterocycles. The van der Waals surface area contributed by atoms with E-state index in [-0.39, 0.29) is 0 Å². The predicted molar refractivity (Wildman–Crippen MR) is 80.4 cm³/mol. The lowest BCUT2D eigenvalue weighted by Gasteiger charge is -2.10. The van der Waals surface area contributed by atoms with Gasteiger partial charge in [0.1, 0.15) is 5.75 Å². The van der Waals surface area contributed by atoms with Gasteiger partial charge in [-0.2, -0.15) is 5.10 Å². The molecule has 0 amide bonds. The summed E-state index contributed by atoms with van der Waals surface area (Å²) in [6.45, 7) is 2.85. The summed E-state index contributed by atoms with van der Waals surface area (Å²) >= 11 is 3.51. The predicted octanol–water partition coefficient (Wildman–Crippen LogP) is 2.89. The molecule has 2 rings (SSSR count). The number of benzene rings is 1. The minimum absolute atomic E-state index is 0.760. The first-order valence-electron chi connectivity index (χ1n) is 6.09. The van der Waals surface area contributed by atoms with Crippen molar-refractivity contribution in [3.05, 3.63) is 33.9 Å². The summed E-state index contributed by atoms with van der Waals surface area (Å²) in [5, 5.41) is 7.71. The average Bonchev–Trinajstić information content (AvgIpc) is 2.65. The minimum atomic E-state index is 0.760. The molecule has 1 aromatic heterocycles.